The lowest BCUT2D eigenvalue weighted by atomic mass is 9.75. The van der Waals surface area contributed by atoms with Crippen LogP contribution in [0.3, 0.4) is 0 Å². The van der Waals surface area contributed by atoms with E-state index in [0.29, 0.717) is 18.7 Å². The summed E-state index contributed by atoms with van der Waals surface area (Å²) in [5.41, 5.74) is 2.75. The Morgan fingerprint density at radius 1 is 1.33 bits per heavy atom. The van der Waals surface area contributed by atoms with Crippen molar-refractivity contribution < 1.29 is 14.3 Å². The summed E-state index contributed by atoms with van der Waals surface area (Å²) in [6.07, 6.45) is 1.66. The van der Waals surface area contributed by atoms with E-state index < -0.39 is 6.10 Å². The Kier molecular flexibility index (Phi) is 4.50. The van der Waals surface area contributed by atoms with Gasteiger partial charge in [0.2, 0.25) is 0 Å². The van der Waals surface area contributed by atoms with Gasteiger partial charge in [-0.25, -0.2) is 0 Å². The Balaban J connectivity index is 1.70. The summed E-state index contributed by atoms with van der Waals surface area (Å²) in [7, 11) is 0. The molecule has 3 rings (SSSR count). The molecule has 1 aliphatic rings. The summed E-state index contributed by atoms with van der Waals surface area (Å²) in [5.74, 6) is 0.886. The van der Waals surface area contributed by atoms with Gasteiger partial charge in [-0.2, -0.15) is 0 Å². The molecule has 0 saturated carbocycles. The molecule has 128 valence electrons. The number of hydrogen-bond donors (Lipinski definition) is 2. The molecular formula is C20H25NO3. The molecule has 2 aromatic rings. The highest BCUT2D eigenvalue weighted by Crippen LogP contribution is 2.43. The zero-order valence-corrected chi connectivity index (χ0v) is 14.6. The van der Waals surface area contributed by atoms with E-state index in [9.17, 15) is 9.90 Å². The second-order valence-corrected chi connectivity index (χ2v) is 7.45. The van der Waals surface area contributed by atoms with Gasteiger partial charge in [-0.3, -0.25) is 4.79 Å². The van der Waals surface area contributed by atoms with Gasteiger partial charge in [-0.05, 0) is 30.7 Å². The van der Waals surface area contributed by atoms with E-state index in [2.05, 4.69) is 19.2 Å². The van der Waals surface area contributed by atoms with Gasteiger partial charge in [0, 0.05) is 24.1 Å². The topological polar surface area (TPSA) is 62.5 Å². The maximum Gasteiger partial charge on any atom is 0.287 e. The highest BCUT2D eigenvalue weighted by molar-refractivity contribution is 5.93. The molecule has 1 aliphatic carbocycles. The molecular weight excluding hydrogens is 302 g/mol. The smallest absolute Gasteiger partial charge is 0.287 e. The van der Waals surface area contributed by atoms with Gasteiger partial charge in [0.25, 0.3) is 5.91 Å². The SMILES string of the molecule is Cc1c(C(=O)NCCc2ccccc2)oc2c1C(O)CC(C)(C)C2. The van der Waals surface area contributed by atoms with Crippen LogP contribution in [0.25, 0.3) is 0 Å². The lowest BCUT2D eigenvalue weighted by Crippen LogP contribution is -2.26. The molecule has 2 N–H and O–H groups in total. The Morgan fingerprint density at radius 2 is 2.04 bits per heavy atom. The molecule has 24 heavy (non-hydrogen) atoms. The Bertz CT molecular complexity index is 731. The van der Waals surface area contributed by atoms with Crippen LogP contribution >= 0.6 is 0 Å². The molecule has 1 aromatic heterocycles. The maximum atomic E-state index is 12.5. The number of furan rings is 1. The number of carbonyl (C=O) groups is 1. The molecule has 0 aliphatic heterocycles. The van der Waals surface area contributed by atoms with Crippen LogP contribution in [0.15, 0.2) is 34.7 Å². The van der Waals surface area contributed by atoms with Crippen molar-refractivity contribution in [2.45, 2.75) is 46.1 Å². The van der Waals surface area contributed by atoms with Crippen LogP contribution in [0.5, 0.6) is 0 Å². The number of hydrogen-bond acceptors (Lipinski definition) is 3. The first-order valence-corrected chi connectivity index (χ1v) is 8.50. The fourth-order valence-corrected chi connectivity index (χ4v) is 3.55. The van der Waals surface area contributed by atoms with Crippen molar-refractivity contribution in [3.63, 3.8) is 0 Å². The summed E-state index contributed by atoms with van der Waals surface area (Å²) < 4.78 is 5.84. The van der Waals surface area contributed by atoms with E-state index in [-0.39, 0.29) is 11.3 Å². The van der Waals surface area contributed by atoms with E-state index in [1.807, 2.05) is 37.3 Å². The third kappa shape index (κ3) is 3.39. The van der Waals surface area contributed by atoms with Crippen molar-refractivity contribution in [2.75, 3.05) is 6.54 Å². The summed E-state index contributed by atoms with van der Waals surface area (Å²) >= 11 is 0. The third-order valence-corrected chi connectivity index (χ3v) is 4.74. The summed E-state index contributed by atoms with van der Waals surface area (Å²) in [4.78, 5) is 12.5. The normalized spacial score (nSPS) is 18.9. The Labute approximate surface area is 142 Å². The van der Waals surface area contributed by atoms with Crippen molar-refractivity contribution in [1.29, 1.82) is 0 Å². The number of carbonyl (C=O) groups excluding carboxylic acids is 1. The summed E-state index contributed by atoms with van der Waals surface area (Å²) in [6.45, 7) is 6.63. The highest BCUT2D eigenvalue weighted by Gasteiger charge is 2.37. The van der Waals surface area contributed by atoms with Crippen LogP contribution in [0.1, 0.15) is 59.4 Å². The number of benzene rings is 1. The number of fused-ring (bicyclic) bond motifs is 1. The lowest BCUT2D eigenvalue weighted by molar-refractivity contribution is 0.0885. The standard InChI is InChI=1S/C20H25NO3/c1-13-17-15(22)11-20(2,3)12-16(17)24-18(13)19(23)21-10-9-14-7-5-4-6-8-14/h4-8,15,22H,9-12H2,1-3H3,(H,21,23). The Morgan fingerprint density at radius 3 is 2.75 bits per heavy atom. The molecule has 1 heterocycles. The van der Waals surface area contributed by atoms with Crippen LogP contribution in [-0.4, -0.2) is 17.6 Å². The first kappa shape index (κ1) is 16.8. The third-order valence-electron chi connectivity index (χ3n) is 4.74. The highest BCUT2D eigenvalue weighted by atomic mass is 16.4. The van der Waals surface area contributed by atoms with Gasteiger partial charge in [-0.15, -0.1) is 0 Å². The van der Waals surface area contributed by atoms with Crippen molar-refractivity contribution in [3.05, 3.63) is 58.5 Å². The predicted octanol–water partition coefficient (Wildman–Crippen LogP) is 3.57. The van der Waals surface area contributed by atoms with E-state index in [4.69, 9.17) is 4.42 Å². The van der Waals surface area contributed by atoms with E-state index in [0.717, 1.165) is 29.7 Å². The molecule has 0 radical (unpaired) electrons. The van der Waals surface area contributed by atoms with Gasteiger partial charge in [0.1, 0.15) is 5.76 Å². The number of nitrogens with one attached hydrogen (secondary N) is 1. The minimum absolute atomic E-state index is 0.0161. The molecule has 1 unspecified atom stereocenters. The number of aliphatic hydroxyl groups is 1. The van der Waals surface area contributed by atoms with Crippen LogP contribution in [0.4, 0.5) is 0 Å². The van der Waals surface area contributed by atoms with E-state index in [1.54, 1.807) is 0 Å². The van der Waals surface area contributed by atoms with Crippen LogP contribution in [0, 0.1) is 12.3 Å². The molecule has 0 saturated heterocycles. The molecule has 0 spiro atoms. The van der Waals surface area contributed by atoms with E-state index >= 15 is 0 Å². The van der Waals surface area contributed by atoms with Gasteiger partial charge in [0.15, 0.2) is 5.76 Å². The second kappa shape index (κ2) is 6.44. The van der Waals surface area contributed by atoms with Crippen molar-refractivity contribution in [2.24, 2.45) is 5.41 Å². The monoisotopic (exact) mass is 327 g/mol. The number of amides is 1. The van der Waals surface area contributed by atoms with Gasteiger partial charge >= 0.3 is 0 Å². The zero-order valence-electron chi connectivity index (χ0n) is 14.6. The summed E-state index contributed by atoms with van der Waals surface area (Å²) in [6, 6.07) is 10.0. The number of rotatable bonds is 4. The molecule has 1 aromatic carbocycles. The fraction of sp³-hybridized carbons (Fsp3) is 0.450. The lowest BCUT2D eigenvalue weighted by Gasteiger charge is -2.31. The van der Waals surface area contributed by atoms with Crippen molar-refractivity contribution in [3.8, 4) is 0 Å². The van der Waals surface area contributed by atoms with E-state index in [1.165, 1.54) is 5.56 Å². The molecule has 4 heteroatoms. The molecule has 1 amide bonds. The first-order valence-electron chi connectivity index (χ1n) is 8.50. The minimum Gasteiger partial charge on any atom is -0.455 e. The van der Waals surface area contributed by atoms with Gasteiger partial charge in [-0.1, -0.05) is 44.2 Å². The average Bonchev–Trinajstić information content (AvgIpc) is 2.83. The van der Waals surface area contributed by atoms with Gasteiger partial charge < -0.3 is 14.8 Å². The van der Waals surface area contributed by atoms with Crippen LogP contribution in [0.2, 0.25) is 0 Å². The van der Waals surface area contributed by atoms with Crippen molar-refractivity contribution in [1.82, 2.24) is 5.32 Å². The predicted molar refractivity (Wildman–Crippen MR) is 93.0 cm³/mol. The molecule has 0 fully saturated rings. The zero-order chi connectivity index (χ0) is 17.3. The second-order valence-electron chi connectivity index (χ2n) is 7.45. The quantitative estimate of drug-likeness (QED) is 0.902. The first-order chi connectivity index (χ1) is 11.4. The molecule has 0 bridgehead atoms. The van der Waals surface area contributed by atoms with Crippen molar-refractivity contribution >= 4 is 5.91 Å². The average molecular weight is 327 g/mol. The largest absolute Gasteiger partial charge is 0.455 e. The Hall–Kier alpha value is -2.07. The molecule has 4 nitrogen and oxygen atoms in total. The van der Waals surface area contributed by atoms with Crippen LogP contribution in [-0.2, 0) is 12.8 Å². The van der Waals surface area contributed by atoms with Crippen LogP contribution < -0.4 is 5.32 Å². The fourth-order valence-electron chi connectivity index (χ4n) is 3.55. The molecule has 1 atom stereocenters. The summed E-state index contributed by atoms with van der Waals surface area (Å²) in [5, 5.41) is 13.3. The minimum atomic E-state index is -0.557. The number of aliphatic hydroxyl groups excluding tert-OH is 1. The van der Waals surface area contributed by atoms with Gasteiger partial charge in [0.05, 0.1) is 6.10 Å². The maximum absolute atomic E-state index is 12.5.